The van der Waals surface area contributed by atoms with Crippen LogP contribution in [0.15, 0.2) is 34.4 Å². The SMILES string of the molecule is O[C@@H]1CC(c2cncs2)Oc2cc(Br)ccc21. The average Bonchev–Trinajstić information content (AvgIpc) is 2.81. The summed E-state index contributed by atoms with van der Waals surface area (Å²) in [5.41, 5.74) is 2.63. The summed E-state index contributed by atoms with van der Waals surface area (Å²) < 4.78 is 6.86. The van der Waals surface area contributed by atoms with Crippen molar-refractivity contribution in [3.05, 3.63) is 44.8 Å². The molecule has 1 unspecified atom stereocenters. The van der Waals surface area contributed by atoms with Gasteiger partial charge in [-0.2, -0.15) is 0 Å². The molecule has 1 aliphatic heterocycles. The molecule has 1 N–H and O–H groups in total. The topological polar surface area (TPSA) is 42.4 Å². The molecule has 0 spiro atoms. The highest BCUT2D eigenvalue weighted by Gasteiger charge is 2.28. The molecule has 1 aromatic heterocycles. The summed E-state index contributed by atoms with van der Waals surface area (Å²) in [6.07, 6.45) is 1.81. The number of ether oxygens (including phenoxy) is 1. The van der Waals surface area contributed by atoms with Crippen molar-refractivity contribution in [3.8, 4) is 5.75 Å². The van der Waals surface area contributed by atoms with Gasteiger partial charge in [0.05, 0.1) is 16.5 Å². The molecule has 3 nitrogen and oxygen atoms in total. The Kier molecular flexibility index (Phi) is 2.90. The lowest BCUT2D eigenvalue weighted by Crippen LogP contribution is -2.18. The molecule has 3 rings (SSSR count). The van der Waals surface area contributed by atoms with Crippen LogP contribution < -0.4 is 4.74 Å². The number of fused-ring (bicyclic) bond motifs is 1. The van der Waals surface area contributed by atoms with Crippen molar-refractivity contribution >= 4 is 27.3 Å². The van der Waals surface area contributed by atoms with Gasteiger partial charge in [-0.1, -0.05) is 22.0 Å². The molecular formula is C12H10BrNO2S. The van der Waals surface area contributed by atoms with Crippen molar-refractivity contribution in [2.45, 2.75) is 18.6 Å². The molecule has 0 fully saturated rings. The predicted molar refractivity (Wildman–Crippen MR) is 69.2 cm³/mol. The van der Waals surface area contributed by atoms with E-state index in [1.807, 2.05) is 18.2 Å². The molecule has 2 aromatic rings. The van der Waals surface area contributed by atoms with Gasteiger partial charge in [-0.05, 0) is 12.1 Å². The third kappa shape index (κ3) is 2.10. The molecule has 17 heavy (non-hydrogen) atoms. The molecule has 1 aliphatic rings. The Morgan fingerprint density at radius 3 is 3.12 bits per heavy atom. The molecule has 5 heteroatoms. The van der Waals surface area contributed by atoms with Gasteiger partial charge in [0.15, 0.2) is 0 Å². The number of benzene rings is 1. The Labute approximate surface area is 111 Å². The van der Waals surface area contributed by atoms with Crippen LogP contribution in [0.25, 0.3) is 0 Å². The first kappa shape index (κ1) is 11.2. The highest BCUT2D eigenvalue weighted by molar-refractivity contribution is 9.10. The monoisotopic (exact) mass is 311 g/mol. The highest BCUT2D eigenvalue weighted by atomic mass is 79.9. The van der Waals surface area contributed by atoms with Crippen molar-refractivity contribution in [3.63, 3.8) is 0 Å². The fraction of sp³-hybridized carbons (Fsp3) is 0.250. The number of hydrogen-bond donors (Lipinski definition) is 1. The maximum absolute atomic E-state index is 10.1. The van der Waals surface area contributed by atoms with Crippen LogP contribution in [0.4, 0.5) is 0 Å². The zero-order chi connectivity index (χ0) is 11.8. The first-order valence-electron chi connectivity index (χ1n) is 5.26. The molecule has 0 amide bonds. The van der Waals surface area contributed by atoms with E-state index in [4.69, 9.17) is 4.74 Å². The highest BCUT2D eigenvalue weighted by Crippen LogP contribution is 2.42. The molecular weight excluding hydrogens is 302 g/mol. The second-order valence-electron chi connectivity index (χ2n) is 3.94. The maximum atomic E-state index is 10.1. The lowest BCUT2D eigenvalue weighted by molar-refractivity contribution is 0.0673. The van der Waals surface area contributed by atoms with E-state index in [9.17, 15) is 5.11 Å². The summed E-state index contributed by atoms with van der Waals surface area (Å²) in [6.45, 7) is 0. The van der Waals surface area contributed by atoms with E-state index < -0.39 is 6.10 Å². The minimum absolute atomic E-state index is 0.0979. The van der Waals surface area contributed by atoms with Gasteiger partial charge in [-0.25, -0.2) is 0 Å². The molecule has 0 saturated heterocycles. The number of aromatic nitrogens is 1. The summed E-state index contributed by atoms with van der Waals surface area (Å²) in [5, 5.41) is 10.1. The Morgan fingerprint density at radius 1 is 1.47 bits per heavy atom. The van der Waals surface area contributed by atoms with E-state index >= 15 is 0 Å². The van der Waals surface area contributed by atoms with Crippen LogP contribution in [0, 0.1) is 0 Å². The van der Waals surface area contributed by atoms with E-state index in [1.165, 1.54) is 0 Å². The molecule has 2 heterocycles. The van der Waals surface area contributed by atoms with Crippen LogP contribution in [-0.2, 0) is 0 Å². The quantitative estimate of drug-likeness (QED) is 0.877. The van der Waals surface area contributed by atoms with Gasteiger partial charge in [0.25, 0.3) is 0 Å². The fourth-order valence-electron chi connectivity index (χ4n) is 1.98. The van der Waals surface area contributed by atoms with Crippen LogP contribution in [0.2, 0.25) is 0 Å². The third-order valence-electron chi connectivity index (χ3n) is 2.81. The smallest absolute Gasteiger partial charge is 0.137 e. The van der Waals surface area contributed by atoms with Crippen LogP contribution in [0.1, 0.15) is 29.1 Å². The molecule has 0 radical (unpaired) electrons. The lowest BCUT2D eigenvalue weighted by atomic mass is 9.99. The van der Waals surface area contributed by atoms with Crippen molar-refractivity contribution in [2.75, 3.05) is 0 Å². The summed E-state index contributed by atoms with van der Waals surface area (Å²) in [4.78, 5) is 5.09. The van der Waals surface area contributed by atoms with Crippen LogP contribution in [0.3, 0.4) is 0 Å². The van der Waals surface area contributed by atoms with E-state index in [0.29, 0.717) is 6.42 Å². The second-order valence-corrected chi connectivity index (χ2v) is 5.78. The number of aliphatic hydroxyl groups excluding tert-OH is 1. The van der Waals surface area contributed by atoms with Crippen LogP contribution in [-0.4, -0.2) is 10.1 Å². The molecule has 88 valence electrons. The minimum atomic E-state index is -0.473. The second kappa shape index (κ2) is 4.40. The maximum Gasteiger partial charge on any atom is 0.137 e. The van der Waals surface area contributed by atoms with Crippen molar-refractivity contribution in [2.24, 2.45) is 0 Å². The molecule has 0 saturated carbocycles. The number of rotatable bonds is 1. The Hall–Kier alpha value is -0.910. The number of halogens is 1. The lowest BCUT2D eigenvalue weighted by Gasteiger charge is -2.28. The molecule has 0 aliphatic carbocycles. The average molecular weight is 312 g/mol. The van der Waals surface area contributed by atoms with Crippen LogP contribution in [0.5, 0.6) is 5.75 Å². The minimum Gasteiger partial charge on any atom is -0.484 e. The molecule has 2 atom stereocenters. The van der Waals surface area contributed by atoms with Crippen LogP contribution >= 0.6 is 27.3 Å². The van der Waals surface area contributed by atoms with Gasteiger partial charge in [0.2, 0.25) is 0 Å². The Balaban J connectivity index is 1.97. The van der Waals surface area contributed by atoms with Gasteiger partial charge in [0.1, 0.15) is 11.9 Å². The third-order valence-corrected chi connectivity index (χ3v) is 4.17. The Bertz CT molecular complexity index is 529. The molecule has 1 aromatic carbocycles. The number of nitrogens with zero attached hydrogens (tertiary/aromatic N) is 1. The number of aliphatic hydroxyl groups is 1. The summed E-state index contributed by atoms with van der Waals surface area (Å²) in [7, 11) is 0. The zero-order valence-corrected chi connectivity index (χ0v) is 11.2. The van der Waals surface area contributed by atoms with Crippen molar-refractivity contribution < 1.29 is 9.84 Å². The largest absolute Gasteiger partial charge is 0.484 e. The first-order chi connectivity index (χ1) is 8.24. The van der Waals surface area contributed by atoms with Gasteiger partial charge >= 0.3 is 0 Å². The van der Waals surface area contributed by atoms with Gasteiger partial charge in [-0.3, -0.25) is 4.98 Å². The predicted octanol–water partition coefficient (Wildman–Crippen LogP) is 3.46. The number of hydrogen-bond acceptors (Lipinski definition) is 4. The summed E-state index contributed by atoms with van der Waals surface area (Å²) in [5.74, 6) is 0.747. The van der Waals surface area contributed by atoms with Crippen molar-refractivity contribution in [1.29, 1.82) is 0 Å². The van der Waals surface area contributed by atoms with Gasteiger partial charge in [0, 0.05) is 22.7 Å². The van der Waals surface area contributed by atoms with Gasteiger partial charge in [-0.15, -0.1) is 11.3 Å². The standard InChI is InChI=1S/C12H10BrNO2S/c13-7-1-2-8-9(15)4-11(16-10(8)3-7)12-5-14-6-17-12/h1-3,5-6,9,11,15H,4H2/t9-,11?/m1/s1. The first-order valence-corrected chi connectivity index (χ1v) is 6.94. The summed E-state index contributed by atoms with van der Waals surface area (Å²) in [6, 6.07) is 5.71. The van der Waals surface area contributed by atoms with E-state index in [0.717, 1.165) is 20.7 Å². The van der Waals surface area contributed by atoms with E-state index in [2.05, 4.69) is 20.9 Å². The van der Waals surface area contributed by atoms with Gasteiger partial charge < -0.3 is 9.84 Å². The van der Waals surface area contributed by atoms with Crippen molar-refractivity contribution in [1.82, 2.24) is 4.98 Å². The fourth-order valence-corrected chi connectivity index (χ4v) is 2.98. The number of thiazole rings is 1. The zero-order valence-electron chi connectivity index (χ0n) is 8.84. The van der Waals surface area contributed by atoms with E-state index in [-0.39, 0.29) is 6.10 Å². The summed E-state index contributed by atoms with van der Waals surface area (Å²) >= 11 is 4.96. The van der Waals surface area contributed by atoms with E-state index in [1.54, 1.807) is 23.0 Å². The normalized spacial score (nSPS) is 22.9. The Morgan fingerprint density at radius 2 is 2.35 bits per heavy atom. The molecule has 0 bridgehead atoms.